The molecule has 0 amide bonds. The third kappa shape index (κ3) is 1.59. The number of carboxylic acid groups (broad SMARTS) is 1. The van der Waals surface area contributed by atoms with Crippen molar-refractivity contribution in [2.45, 2.75) is 45.4 Å². The highest BCUT2D eigenvalue weighted by Crippen LogP contribution is 2.60. The van der Waals surface area contributed by atoms with Crippen LogP contribution >= 0.6 is 0 Å². The van der Waals surface area contributed by atoms with Crippen molar-refractivity contribution in [1.29, 1.82) is 0 Å². The summed E-state index contributed by atoms with van der Waals surface area (Å²) in [5.41, 5.74) is 0.667. The van der Waals surface area contributed by atoms with Gasteiger partial charge in [0.25, 0.3) is 0 Å². The van der Waals surface area contributed by atoms with Gasteiger partial charge < -0.3 is 9.90 Å². The first-order valence-electron chi connectivity index (χ1n) is 6.47. The molecule has 0 aromatic rings. The Bertz CT molecular complexity index is 318. The van der Waals surface area contributed by atoms with Gasteiger partial charge in [-0.25, -0.2) is 0 Å². The largest absolute Gasteiger partial charge is 0.545 e. The smallest absolute Gasteiger partial charge is 0.0669 e. The molecule has 2 heteroatoms. The minimum Gasteiger partial charge on any atom is -0.545 e. The molecule has 0 saturated heterocycles. The van der Waals surface area contributed by atoms with Crippen molar-refractivity contribution in [1.82, 2.24) is 0 Å². The number of carboxylic acids is 1. The molecule has 4 saturated carbocycles. The van der Waals surface area contributed by atoms with Crippen LogP contribution in [0, 0.1) is 23.2 Å². The maximum Gasteiger partial charge on any atom is 0.0669 e. The van der Waals surface area contributed by atoms with E-state index in [0.29, 0.717) is 5.57 Å². The van der Waals surface area contributed by atoms with E-state index < -0.39 is 5.97 Å². The molecule has 0 aromatic heterocycles. The van der Waals surface area contributed by atoms with Crippen LogP contribution in [0.3, 0.4) is 0 Å². The zero-order chi connectivity index (χ0) is 11.3. The molecule has 0 heterocycles. The quantitative estimate of drug-likeness (QED) is 0.665. The fourth-order valence-corrected chi connectivity index (χ4v) is 4.87. The van der Waals surface area contributed by atoms with Crippen molar-refractivity contribution in [3.8, 4) is 0 Å². The molecule has 0 unspecified atom stereocenters. The summed E-state index contributed by atoms with van der Waals surface area (Å²) in [6.45, 7) is 1.69. The fourth-order valence-electron chi connectivity index (χ4n) is 4.87. The number of rotatable bonds is 2. The van der Waals surface area contributed by atoms with Crippen LogP contribution in [-0.2, 0) is 4.79 Å². The van der Waals surface area contributed by atoms with Crippen molar-refractivity contribution in [3.05, 3.63) is 11.6 Å². The molecular weight excluding hydrogens is 200 g/mol. The zero-order valence-electron chi connectivity index (χ0n) is 9.87. The molecule has 4 fully saturated rings. The fraction of sp³-hybridized carbons (Fsp3) is 0.786. The summed E-state index contributed by atoms with van der Waals surface area (Å²) in [6, 6.07) is 0. The van der Waals surface area contributed by atoms with Crippen molar-refractivity contribution >= 4 is 5.97 Å². The Balaban J connectivity index is 1.89. The van der Waals surface area contributed by atoms with Gasteiger partial charge in [0, 0.05) is 0 Å². The van der Waals surface area contributed by atoms with Crippen LogP contribution in [0.25, 0.3) is 0 Å². The van der Waals surface area contributed by atoms with Gasteiger partial charge in [-0.2, -0.15) is 0 Å². The summed E-state index contributed by atoms with van der Waals surface area (Å²) in [4.78, 5) is 10.8. The van der Waals surface area contributed by atoms with E-state index in [2.05, 4.69) is 0 Å². The SMILES string of the molecule is C/C(=C\C12CC3CC(CC(C3)C1)C2)C(=O)[O-]. The van der Waals surface area contributed by atoms with Crippen molar-refractivity contribution in [3.63, 3.8) is 0 Å². The summed E-state index contributed by atoms with van der Waals surface area (Å²) in [5.74, 6) is 1.63. The third-order valence-corrected chi connectivity index (χ3v) is 4.93. The lowest BCUT2D eigenvalue weighted by Crippen LogP contribution is -2.45. The summed E-state index contributed by atoms with van der Waals surface area (Å²) in [7, 11) is 0. The highest BCUT2D eigenvalue weighted by Gasteiger charge is 2.49. The van der Waals surface area contributed by atoms with Gasteiger partial charge in [0.15, 0.2) is 0 Å². The normalized spacial score (nSPS) is 46.1. The average Bonchev–Trinajstić information content (AvgIpc) is 2.13. The molecule has 16 heavy (non-hydrogen) atoms. The van der Waals surface area contributed by atoms with Crippen LogP contribution in [0.4, 0.5) is 0 Å². The molecule has 0 atom stereocenters. The Morgan fingerprint density at radius 1 is 1.12 bits per heavy atom. The Morgan fingerprint density at radius 3 is 1.94 bits per heavy atom. The van der Waals surface area contributed by atoms with Gasteiger partial charge in [-0.1, -0.05) is 6.08 Å². The van der Waals surface area contributed by atoms with Gasteiger partial charge in [0.2, 0.25) is 0 Å². The number of hydrogen-bond acceptors (Lipinski definition) is 2. The molecule has 0 aliphatic heterocycles. The Labute approximate surface area is 96.7 Å². The van der Waals surface area contributed by atoms with E-state index in [0.717, 1.165) is 17.8 Å². The van der Waals surface area contributed by atoms with Gasteiger partial charge in [-0.3, -0.25) is 0 Å². The van der Waals surface area contributed by atoms with Gasteiger partial charge in [0.05, 0.1) is 5.97 Å². The van der Waals surface area contributed by atoms with E-state index in [4.69, 9.17) is 0 Å². The van der Waals surface area contributed by atoms with Crippen LogP contribution in [0.15, 0.2) is 11.6 Å². The first kappa shape index (κ1) is 10.4. The predicted octanol–water partition coefficient (Wildman–Crippen LogP) is 1.90. The Kier molecular flexibility index (Phi) is 2.17. The molecule has 2 nitrogen and oxygen atoms in total. The molecule has 0 spiro atoms. The van der Waals surface area contributed by atoms with Crippen molar-refractivity contribution in [2.24, 2.45) is 23.2 Å². The number of allylic oxidation sites excluding steroid dienone is 1. The molecule has 4 aliphatic carbocycles. The average molecular weight is 219 g/mol. The van der Waals surface area contributed by atoms with E-state index in [1.54, 1.807) is 6.92 Å². The number of carbonyl (C=O) groups excluding carboxylic acids is 1. The van der Waals surface area contributed by atoms with Gasteiger partial charge in [0.1, 0.15) is 0 Å². The zero-order valence-corrected chi connectivity index (χ0v) is 9.87. The molecule has 4 aliphatic rings. The number of hydrogen-bond donors (Lipinski definition) is 0. The molecule has 4 bridgehead atoms. The van der Waals surface area contributed by atoms with Crippen LogP contribution < -0.4 is 5.11 Å². The van der Waals surface area contributed by atoms with E-state index in [1.165, 1.54) is 38.5 Å². The van der Waals surface area contributed by atoms with E-state index in [-0.39, 0.29) is 5.41 Å². The first-order valence-corrected chi connectivity index (χ1v) is 6.47. The lowest BCUT2D eigenvalue weighted by atomic mass is 9.49. The molecule has 0 N–H and O–H groups in total. The summed E-state index contributed by atoms with van der Waals surface area (Å²) in [5, 5.41) is 10.8. The molecule has 0 aromatic carbocycles. The second-order valence-corrected chi connectivity index (χ2v) is 6.39. The standard InChI is InChI=1S/C14H20O2/c1-9(13(15)16)5-14-6-10-2-11(7-14)4-12(3-10)8-14/h5,10-12H,2-4,6-8H2,1H3,(H,15,16)/p-1/b9-5+. The molecule has 88 valence electrons. The highest BCUT2D eigenvalue weighted by atomic mass is 16.4. The van der Waals surface area contributed by atoms with E-state index in [1.807, 2.05) is 6.08 Å². The molecular formula is C14H19O2-. The monoisotopic (exact) mass is 219 g/mol. The van der Waals surface area contributed by atoms with Crippen molar-refractivity contribution in [2.75, 3.05) is 0 Å². The highest BCUT2D eigenvalue weighted by molar-refractivity contribution is 5.84. The summed E-state index contributed by atoms with van der Waals surface area (Å²) >= 11 is 0. The second kappa shape index (κ2) is 3.35. The summed E-state index contributed by atoms with van der Waals surface area (Å²) < 4.78 is 0. The van der Waals surface area contributed by atoms with Crippen LogP contribution in [0.2, 0.25) is 0 Å². The van der Waals surface area contributed by atoms with Gasteiger partial charge >= 0.3 is 0 Å². The minimum atomic E-state index is -0.990. The molecule has 4 rings (SSSR count). The maximum absolute atomic E-state index is 10.8. The topological polar surface area (TPSA) is 40.1 Å². The lowest BCUT2D eigenvalue weighted by molar-refractivity contribution is -0.299. The maximum atomic E-state index is 10.8. The van der Waals surface area contributed by atoms with E-state index in [9.17, 15) is 9.90 Å². The Hall–Kier alpha value is -0.790. The summed E-state index contributed by atoms with van der Waals surface area (Å²) in [6.07, 6.45) is 9.91. The van der Waals surface area contributed by atoms with Crippen LogP contribution in [-0.4, -0.2) is 5.97 Å². The Morgan fingerprint density at radius 2 is 1.56 bits per heavy atom. The van der Waals surface area contributed by atoms with Crippen LogP contribution in [0.1, 0.15) is 45.4 Å². The second-order valence-electron chi connectivity index (χ2n) is 6.39. The minimum absolute atomic E-state index is 0.221. The van der Waals surface area contributed by atoms with Gasteiger partial charge in [-0.15, -0.1) is 0 Å². The van der Waals surface area contributed by atoms with Gasteiger partial charge in [-0.05, 0) is 74.2 Å². The number of carbonyl (C=O) groups is 1. The molecule has 0 radical (unpaired) electrons. The van der Waals surface area contributed by atoms with E-state index >= 15 is 0 Å². The first-order chi connectivity index (χ1) is 7.56. The third-order valence-electron chi connectivity index (χ3n) is 4.93. The van der Waals surface area contributed by atoms with Crippen LogP contribution in [0.5, 0.6) is 0 Å². The number of aliphatic carboxylic acids is 1. The van der Waals surface area contributed by atoms with Crippen molar-refractivity contribution < 1.29 is 9.90 Å². The lowest BCUT2D eigenvalue weighted by Gasteiger charge is -2.56. The predicted molar refractivity (Wildman–Crippen MR) is 59.4 cm³/mol.